The number of hydrogen-bond acceptors (Lipinski definition) is 10. The molecule has 1 amide bonds. The molecular weight excluding hydrogens is 561 g/mol. The summed E-state index contributed by atoms with van der Waals surface area (Å²) in [4.78, 5) is 68.4. The van der Waals surface area contributed by atoms with E-state index >= 15 is 0 Å². The number of carbonyl (C=O) groups excluding carboxylic acids is 5. The number of phenols is 1. The first kappa shape index (κ1) is 30.5. The molecule has 228 valence electrons. The van der Waals surface area contributed by atoms with Gasteiger partial charge in [-0.25, -0.2) is 4.39 Å². The molecule has 0 radical (unpaired) electrons. The number of methoxy groups -OCH3 is 1. The van der Waals surface area contributed by atoms with Gasteiger partial charge in [0.1, 0.15) is 18.2 Å². The first-order valence-electron chi connectivity index (χ1n) is 14.0. The second-order valence-corrected chi connectivity index (χ2v) is 11.7. The second kappa shape index (κ2) is 11.3. The maximum absolute atomic E-state index is 14.0. The van der Waals surface area contributed by atoms with Crippen molar-refractivity contribution in [2.45, 2.75) is 31.0 Å². The Morgan fingerprint density at radius 1 is 1.14 bits per heavy atom. The summed E-state index contributed by atoms with van der Waals surface area (Å²) in [5.41, 5.74) is 4.95. The van der Waals surface area contributed by atoms with Crippen molar-refractivity contribution in [3.63, 3.8) is 0 Å². The minimum absolute atomic E-state index is 0.0523. The van der Waals surface area contributed by atoms with Gasteiger partial charge in [0.2, 0.25) is 5.91 Å². The number of alkyl halides is 1. The highest BCUT2D eigenvalue weighted by Crippen LogP contribution is 2.52. The molecule has 2 saturated carbocycles. The Morgan fingerprint density at radius 3 is 2.49 bits per heavy atom. The highest BCUT2D eigenvalue weighted by Gasteiger charge is 2.69. The number of nitrogens with zero attached hydrogens (tertiary/aromatic N) is 1. The Bertz CT molecular complexity index is 1540. The number of Topliss-reactive ketones (excluding diaryl/α,β-unsaturated/α-hetero) is 4. The molecule has 5 N–H and O–H groups in total. The van der Waals surface area contributed by atoms with Crippen LogP contribution in [0.2, 0.25) is 0 Å². The SMILES string of the molecule is COc1ccc(CNCCF)cc1-c1ccc(O)c2c1C[C@@H]1C[C@@H]3C(N(C)C)C(=O)C(C(N)=O)C(=O)[C@]3(O)C(=O)C1C2=O. The minimum atomic E-state index is -2.78. The Kier molecular flexibility index (Phi) is 7.97. The number of benzene rings is 2. The highest BCUT2D eigenvalue weighted by molar-refractivity contribution is 6.32. The smallest absolute Gasteiger partial charge is 0.235 e. The molecule has 0 saturated heterocycles. The normalized spacial score (nSPS) is 28.4. The number of aromatic hydroxyl groups is 1. The van der Waals surface area contributed by atoms with Gasteiger partial charge in [-0.05, 0) is 67.7 Å². The number of nitrogens with one attached hydrogen (secondary N) is 1. The number of carbonyl (C=O) groups is 5. The van der Waals surface area contributed by atoms with Crippen molar-refractivity contribution < 1.29 is 43.3 Å². The van der Waals surface area contributed by atoms with Gasteiger partial charge in [0.15, 0.2) is 34.7 Å². The Morgan fingerprint density at radius 2 is 1.86 bits per heavy atom. The zero-order valence-corrected chi connectivity index (χ0v) is 24.1. The van der Waals surface area contributed by atoms with Gasteiger partial charge in [-0.15, -0.1) is 0 Å². The number of hydrogen-bond donors (Lipinski definition) is 4. The number of nitrogens with two attached hydrogens (primary N) is 1. The van der Waals surface area contributed by atoms with Crippen LogP contribution in [0.5, 0.6) is 11.5 Å². The second-order valence-electron chi connectivity index (χ2n) is 11.7. The molecule has 5 rings (SSSR count). The zero-order valence-electron chi connectivity index (χ0n) is 24.1. The molecule has 3 aliphatic carbocycles. The van der Waals surface area contributed by atoms with Crippen molar-refractivity contribution in [2.75, 3.05) is 34.4 Å². The van der Waals surface area contributed by atoms with Gasteiger partial charge in [-0.1, -0.05) is 12.1 Å². The van der Waals surface area contributed by atoms with Crippen molar-refractivity contribution in [1.82, 2.24) is 10.2 Å². The summed E-state index contributed by atoms with van der Waals surface area (Å²) in [6.07, 6.45) is 0.0619. The van der Waals surface area contributed by atoms with Crippen LogP contribution in [0, 0.1) is 23.7 Å². The number of aliphatic hydroxyl groups is 1. The first-order valence-corrected chi connectivity index (χ1v) is 14.0. The number of fused-ring (bicyclic) bond motifs is 3. The lowest BCUT2D eigenvalue weighted by atomic mass is 9.52. The van der Waals surface area contributed by atoms with Crippen molar-refractivity contribution in [2.24, 2.45) is 29.4 Å². The molecule has 0 spiro atoms. The standard InChI is InChI=1S/C31H34FN3O8/c1-35(2)25-19-12-15-11-18-16(17-10-14(13-34-9-8-32)4-7-21(17)43-3)5-6-20(36)23(18)26(37)22(15)28(39)31(19,42)29(40)24(27(25)38)30(33)41/h4-7,10,15,19,22,24-25,34,36,42H,8-9,11-13H2,1-3H3,(H2,33,41)/t15-,19-,22?,24?,25?,31-/m1/s1. The molecule has 0 aliphatic heterocycles. The van der Waals surface area contributed by atoms with Crippen LogP contribution in [0.15, 0.2) is 30.3 Å². The van der Waals surface area contributed by atoms with Crippen LogP contribution < -0.4 is 15.8 Å². The van der Waals surface area contributed by atoms with E-state index in [0.29, 0.717) is 29.0 Å². The number of likely N-dealkylation sites (N-methyl/N-ethyl adjacent to an activating group) is 1. The van der Waals surface area contributed by atoms with E-state index < -0.39 is 71.0 Å². The minimum Gasteiger partial charge on any atom is -0.507 e. The van der Waals surface area contributed by atoms with E-state index in [1.165, 1.54) is 32.2 Å². The molecule has 0 aromatic heterocycles. The van der Waals surface area contributed by atoms with Gasteiger partial charge in [-0.3, -0.25) is 28.9 Å². The summed E-state index contributed by atoms with van der Waals surface area (Å²) in [5.74, 6) is -10.6. The molecule has 2 aromatic carbocycles. The zero-order chi connectivity index (χ0) is 31.4. The van der Waals surface area contributed by atoms with Crippen LogP contribution in [0.1, 0.15) is 27.9 Å². The number of ketones is 4. The van der Waals surface area contributed by atoms with Crippen molar-refractivity contribution in [3.05, 3.63) is 47.0 Å². The summed E-state index contributed by atoms with van der Waals surface area (Å²) in [7, 11) is 4.56. The third-order valence-corrected chi connectivity index (χ3v) is 9.10. The molecule has 0 heterocycles. The van der Waals surface area contributed by atoms with Gasteiger partial charge in [0.25, 0.3) is 0 Å². The van der Waals surface area contributed by atoms with E-state index in [9.17, 15) is 38.6 Å². The van der Waals surface area contributed by atoms with Crippen molar-refractivity contribution in [1.29, 1.82) is 0 Å². The lowest BCUT2D eigenvalue weighted by molar-refractivity contribution is -0.181. The maximum Gasteiger partial charge on any atom is 0.235 e. The Hall–Kier alpha value is -4.00. The molecule has 2 aromatic rings. The van der Waals surface area contributed by atoms with Crippen LogP contribution >= 0.6 is 0 Å². The average molecular weight is 596 g/mol. The van der Waals surface area contributed by atoms with Gasteiger partial charge in [0, 0.05) is 24.6 Å². The Labute approximate surface area is 247 Å². The van der Waals surface area contributed by atoms with Gasteiger partial charge >= 0.3 is 0 Å². The third-order valence-electron chi connectivity index (χ3n) is 9.10. The lowest BCUT2D eigenvalue weighted by Gasteiger charge is -2.52. The maximum atomic E-state index is 14.0. The predicted molar refractivity (Wildman–Crippen MR) is 151 cm³/mol. The Balaban J connectivity index is 1.63. The summed E-state index contributed by atoms with van der Waals surface area (Å²) >= 11 is 0. The summed E-state index contributed by atoms with van der Waals surface area (Å²) in [6.45, 7) is 0.0249. The van der Waals surface area contributed by atoms with E-state index in [0.717, 1.165) is 5.56 Å². The van der Waals surface area contributed by atoms with Crippen molar-refractivity contribution in [3.8, 4) is 22.6 Å². The van der Waals surface area contributed by atoms with E-state index in [4.69, 9.17) is 10.5 Å². The number of rotatable bonds is 8. The van der Waals surface area contributed by atoms with Crippen LogP contribution in [0.25, 0.3) is 11.1 Å². The number of halogens is 1. The fraction of sp³-hybridized carbons (Fsp3) is 0.452. The monoisotopic (exact) mass is 595 g/mol. The summed E-state index contributed by atoms with van der Waals surface area (Å²) in [6, 6.07) is 7.20. The molecule has 3 aliphatic rings. The van der Waals surface area contributed by atoms with Crippen molar-refractivity contribution >= 4 is 29.0 Å². The summed E-state index contributed by atoms with van der Waals surface area (Å²) in [5, 5.41) is 25.6. The molecule has 3 unspecified atom stereocenters. The molecule has 6 atom stereocenters. The molecular formula is C31H34FN3O8. The predicted octanol–water partition coefficient (Wildman–Crippen LogP) is 0.602. The number of primary amides is 1. The number of phenolic OH excluding ortho intramolecular Hbond substituents is 1. The van der Waals surface area contributed by atoms with Gasteiger partial charge in [0.05, 0.1) is 24.6 Å². The highest BCUT2D eigenvalue weighted by atomic mass is 19.1. The quantitative estimate of drug-likeness (QED) is 0.250. The third kappa shape index (κ3) is 4.64. The van der Waals surface area contributed by atoms with Gasteiger partial charge < -0.3 is 26.0 Å². The van der Waals surface area contributed by atoms with Gasteiger partial charge in [-0.2, -0.15) is 0 Å². The first-order chi connectivity index (χ1) is 20.4. The molecule has 11 nitrogen and oxygen atoms in total. The average Bonchev–Trinajstić information content (AvgIpc) is 2.95. The number of amides is 1. The fourth-order valence-corrected chi connectivity index (χ4v) is 7.23. The van der Waals surface area contributed by atoms with Crippen LogP contribution in [0.3, 0.4) is 0 Å². The van der Waals surface area contributed by atoms with Crippen LogP contribution in [-0.2, 0) is 32.1 Å². The molecule has 0 bridgehead atoms. The lowest BCUT2D eigenvalue weighted by Crippen LogP contribution is -2.74. The molecule has 2 fully saturated rings. The topological polar surface area (TPSA) is 176 Å². The molecule has 12 heteroatoms. The largest absolute Gasteiger partial charge is 0.507 e. The molecule has 43 heavy (non-hydrogen) atoms. The van der Waals surface area contributed by atoms with E-state index in [2.05, 4.69) is 5.32 Å². The number of ether oxygens (including phenoxy) is 1. The summed E-state index contributed by atoms with van der Waals surface area (Å²) < 4.78 is 18.2. The van der Waals surface area contributed by atoms with Crippen LogP contribution in [0.4, 0.5) is 4.39 Å². The fourth-order valence-electron chi connectivity index (χ4n) is 7.23. The van der Waals surface area contributed by atoms with E-state index in [-0.39, 0.29) is 30.7 Å². The van der Waals surface area contributed by atoms with E-state index in [1.807, 2.05) is 12.1 Å². The van der Waals surface area contributed by atoms with E-state index in [1.54, 1.807) is 12.1 Å². The van der Waals surface area contributed by atoms with Crippen LogP contribution in [-0.4, -0.2) is 90.2 Å².